The molecule has 0 aliphatic carbocycles. The van der Waals surface area contributed by atoms with E-state index in [4.69, 9.17) is 0 Å². The normalized spacial score (nSPS) is 10.8. The van der Waals surface area contributed by atoms with E-state index in [1.807, 2.05) is 24.3 Å². The molecule has 126 valence electrons. The minimum absolute atomic E-state index is 0.126. The lowest BCUT2D eigenvalue weighted by Crippen LogP contribution is -2.21. The molecule has 2 aromatic carbocycles. The first-order valence-electron chi connectivity index (χ1n) is 7.75. The lowest BCUT2D eigenvalue weighted by Gasteiger charge is -2.20. The fourth-order valence-electron chi connectivity index (χ4n) is 2.32. The van der Waals surface area contributed by atoms with Gasteiger partial charge in [0.1, 0.15) is 11.5 Å². The van der Waals surface area contributed by atoms with Gasteiger partial charge in [0.25, 0.3) is 5.91 Å². The molecule has 0 aliphatic rings. The van der Waals surface area contributed by atoms with E-state index in [2.05, 4.69) is 29.3 Å². The summed E-state index contributed by atoms with van der Waals surface area (Å²) < 4.78 is 0. The topological polar surface area (TPSA) is 85.2 Å². The summed E-state index contributed by atoms with van der Waals surface area (Å²) in [6, 6.07) is 11.5. The van der Waals surface area contributed by atoms with Crippen molar-refractivity contribution < 1.29 is 15.0 Å². The van der Waals surface area contributed by atoms with Gasteiger partial charge in [-0.3, -0.25) is 4.79 Å². The molecule has 3 N–H and O–H groups in total. The van der Waals surface area contributed by atoms with E-state index in [1.54, 1.807) is 0 Å². The number of hydrogen-bond donors (Lipinski definition) is 3. The highest BCUT2D eigenvalue weighted by Gasteiger charge is 2.07. The Morgan fingerprint density at radius 1 is 1.08 bits per heavy atom. The van der Waals surface area contributed by atoms with Gasteiger partial charge >= 0.3 is 0 Å². The van der Waals surface area contributed by atoms with Crippen LogP contribution in [0.1, 0.15) is 29.8 Å². The summed E-state index contributed by atoms with van der Waals surface area (Å²) in [6.07, 6.45) is 1.53. The molecule has 0 radical (unpaired) electrons. The number of aromatic hydroxyl groups is 2. The van der Waals surface area contributed by atoms with Crippen molar-refractivity contribution in [3.63, 3.8) is 0 Å². The second-order valence-electron chi connectivity index (χ2n) is 5.20. The van der Waals surface area contributed by atoms with Gasteiger partial charge in [-0.2, -0.15) is 5.10 Å². The second-order valence-corrected chi connectivity index (χ2v) is 5.20. The summed E-state index contributed by atoms with van der Waals surface area (Å²) in [5.41, 5.74) is 4.47. The van der Waals surface area contributed by atoms with Crippen LogP contribution in [0, 0.1) is 0 Å². The van der Waals surface area contributed by atoms with Crippen LogP contribution >= 0.6 is 0 Å². The van der Waals surface area contributed by atoms with Crippen molar-refractivity contribution in [3.8, 4) is 11.5 Å². The Labute approximate surface area is 141 Å². The molecule has 0 bridgehead atoms. The fourth-order valence-corrected chi connectivity index (χ4v) is 2.32. The molecule has 0 aromatic heterocycles. The molecule has 0 atom stereocenters. The number of carbonyl (C=O) groups excluding carboxylic acids is 1. The summed E-state index contributed by atoms with van der Waals surface area (Å²) in [6.45, 7) is 6.09. The summed E-state index contributed by atoms with van der Waals surface area (Å²) in [4.78, 5) is 14.1. The summed E-state index contributed by atoms with van der Waals surface area (Å²) in [5.74, 6) is -0.885. The molecular weight excluding hydrogens is 306 g/mol. The zero-order valence-corrected chi connectivity index (χ0v) is 13.7. The van der Waals surface area contributed by atoms with E-state index in [0.29, 0.717) is 0 Å². The number of phenolic OH excluding ortho intramolecular Hbond substituents is 2. The van der Waals surface area contributed by atoms with Crippen LogP contribution in [0.25, 0.3) is 0 Å². The van der Waals surface area contributed by atoms with E-state index < -0.39 is 5.91 Å². The largest absolute Gasteiger partial charge is 0.508 e. The van der Waals surface area contributed by atoms with Crippen LogP contribution in [0.2, 0.25) is 0 Å². The Morgan fingerprint density at radius 3 is 2.21 bits per heavy atom. The first-order valence-corrected chi connectivity index (χ1v) is 7.75. The van der Waals surface area contributed by atoms with Gasteiger partial charge in [0.05, 0.1) is 6.21 Å². The Hall–Kier alpha value is -3.02. The Kier molecular flexibility index (Phi) is 5.78. The number of anilines is 1. The van der Waals surface area contributed by atoms with Crippen molar-refractivity contribution in [1.82, 2.24) is 5.43 Å². The molecule has 0 saturated carbocycles. The average Bonchev–Trinajstić information content (AvgIpc) is 2.56. The Morgan fingerprint density at radius 2 is 1.67 bits per heavy atom. The maximum atomic E-state index is 11.9. The number of rotatable bonds is 6. The minimum Gasteiger partial charge on any atom is -0.508 e. The monoisotopic (exact) mass is 327 g/mol. The van der Waals surface area contributed by atoms with Crippen LogP contribution in [0.4, 0.5) is 5.69 Å². The molecule has 6 nitrogen and oxygen atoms in total. The van der Waals surface area contributed by atoms with Gasteiger partial charge in [0.2, 0.25) is 0 Å². The number of carbonyl (C=O) groups is 1. The molecular formula is C18H21N3O3. The standard InChI is InChI=1S/C18H21N3O3/c1-3-21(4-2)15-7-5-13(6-8-15)12-19-20-18(24)14-9-16(22)11-17(23)10-14/h5-12,22-23H,3-4H2,1-2H3,(H,20,24). The Bertz CT molecular complexity index is 703. The molecule has 0 unspecified atom stereocenters. The molecule has 6 heteroatoms. The van der Waals surface area contributed by atoms with Gasteiger partial charge < -0.3 is 15.1 Å². The molecule has 2 rings (SSSR count). The van der Waals surface area contributed by atoms with Gasteiger partial charge in [-0.15, -0.1) is 0 Å². The van der Waals surface area contributed by atoms with Gasteiger partial charge in [0.15, 0.2) is 0 Å². The van der Waals surface area contributed by atoms with Crippen LogP contribution in [0.3, 0.4) is 0 Å². The quantitative estimate of drug-likeness (QED) is 0.562. The van der Waals surface area contributed by atoms with E-state index >= 15 is 0 Å². The first-order chi connectivity index (χ1) is 11.5. The van der Waals surface area contributed by atoms with Crippen molar-refractivity contribution in [2.45, 2.75) is 13.8 Å². The van der Waals surface area contributed by atoms with Gasteiger partial charge in [-0.25, -0.2) is 5.43 Å². The van der Waals surface area contributed by atoms with Crippen LogP contribution < -0.4 is 10.3 Å². The van der Waals surface area contributed by atoms with Crippen LogP contribution in [0.5, 0.6) is 11.5 Å². The molecule has 0 aliphatic heterocycles. The smallest absolute Gasteiger partial charge is 0.271 e. The minimum atomic E-state index is -0.516. The van der Waals surface area contributed by atoms with Crippen molar-refractivity contribution >= 4 is 17.8 Å². The van der Waals surface area contributed by atoms with Crippen molar-refractivity contribution in [2.24, 2.45) is 5.10 Å². The maximum absolute atomic E-state index is 11.9. The van der Waals surface area contributed by atoms with Crippen molar-refractivity contribution in [1.29, 1.82) is 0 Å². The number of benzene rings is 2. The molecule has 2 aromatic rings. The highest BCUT2D eigenvalue weighted by atomic mass is 16.3. The molecule has 0 spiro atoms. The zero-order valence-electron chi connectivity index (χ0n) is 13.7. The number of hydrogen-bond acceptors (Lipinski definition) is 5. The third-order valence-electron chi connectivity index (χ3n) is 3.57. The fraction of sp³-hybridized carbons (Fsp3) is 0.222. The average molecular weight is 327 g/mol. The SMILES string of the molecule is CCN(CC)c1ccc(C=NNC(=O)c2cc(O)cc(O)c2)cc1. The molecule has 0 heterocycles. The van der Waals surface area contributed by atoms with Gasteiger partial charge in [-0.1, -0.05) is 12.1 Å². The van der Waals surface area contributed by atoms with E-state index in [0.717, 1.165) is 30.4 Å². The number of nitrogens with one attached hydrogen (secondary N) is 1. The summed E-state index contributed by atoms with van der Waals surface area (Å²) in [5, 5.41) is 22.6. The van der Waals surface area contributed by atoms with Crippen LogP contribution in [-0.4, -0.2) is 35.4 Å². The van der Waals surface area contributed by atoms with Crippen LogP contribution in [-0.2, 0) is 0 Å². The van der Waals surface area contributed by atoms with Gasteiger partial charge in [0, 0.05) is 30.4 Å². The highest BCUT2D eigenvalue weighted by Crippen LogP contribution is 2.20. The van der Waals surface area contributed by atoms with E-state index in [1.165, 1.54) is 18.3 Å². The Balaban J connectivity index is 1.99. The summed E-state index contributed by atoms with van der Waals surface area (Å²) in [7, 11) is 0. The predicted octanol–water partition coefficient (Wildman–Crippen LogP) is 2.71. The number of amides is 1. The maximum Gasteiger partial charge on any atom is 0.271 e. The second kappa shape index (κ2) is 8.01. The lowest BCUT2D eigenvalue weighted by molar-refractivity contribution is 0.0954. The zero-order chi connectivity index (χ0) is 17.5. The number of hydrazone groups is 1. The number of phenols is 2. The van der Waals surface area contributed by atoms with E-state index in [-0.39, 0.29) is 17.1 Å². The highest BCUT2D eigenvalue weighted by molar-refractivity contribution is 5.95. The predicted molar refractivity (Wildman–Crippen MR) is 94.8 cm³/mol. The molecule has 1 amide bonds. The third kappa shape index (κ3) is 4.49. The molecule has 0 fully saturated rings. The van der Waals surface area contributed by atoms with Gasteiger partial charge in [-0.05, 0) is 43.7 Å². The summed E-state index contributed by atoms with van der Waals surface area (Å²) >= 11 is 0. The van der Waals surface area contributed by atoms with Crippen molar-refractivity contribution in [3.05, 3.63) is 53.6 Å². The van der Waals surface area contributed by atoms with Crippen molar-refractivity contribution in [2.75, 3.05) is 18.0 Å². The third-order valence-corrected chi connectivity index (χ3v) is 3.57. The van der Waals surface area contributed by atoms with E-state index in [9.17, 15) is 15.0 Å². The lowest BCUT2D eigenvalue weighted by atomic mass is 10.2. The molecule has 24 heavy (non-hydrogen) atoms. The number of nitrogens with zero attached hydrogens (tertiary/aromatic N) is 2. The van der Waals surface area contributed by atoms with Crippen LogP contribution in [0.15, 0.2) is 47.6 Å². The first kappa shape index (κ1) is 17.3. The molecule has 0 saturated heterocycles.